The molecule has 3 aliphatic rings. The molecular formula is C31H34FN2O2+. The molecule has 0 amide bonds. The van der Waals surface area contributed by atoms with Gasteiger partial charge < -0.3 is 5.11 Å². The van der Waals surface area contributed by atoms with Crippen molar-refractivity contribution in [1.82, 2.24) is 0 Å². The Bertz CT molecular complexity index is 1300. The normalized spacial score (nSPS) is 28.1. The van der Waals surface area contributed by atoms with Crippen molar-refractivity contribution in [2.75, 3.05) is 0 Å². The lowest BCUT2D eigenvalue weighted by molar-refractivity contribution is -0.904. The third-order valence-electron chi connectivity index (χ3n) is 9.08. The maximum absolute atomic E-state index is 14.5. The summed E-state index contributed by atoms with van der Waals surface area (Å²) in [6.07, 6.45) is 8.93. The van der Waals surface area contributed by atoms with Crippen molar-refractivity contribution in [3.63, 3.8) is 0 Å². The predicted octanol–water partition coefficient (Wildman–Crippen LogP) is 6.10. The van der Waals surface area contributed by atoms with E-state index in [-0.39, 0.29) is 22.9 Å². The summed E-state index contributed by atoms with van der Waals surface area (Å²) in [5.74, 6) is 1.25. The number of rotatable bonds is 1. The molecule has 2 N–H and O–H groups in total. The van der Waals surface area contributed by atoms with Crippen molar-refractivity contribution in [1.29, 1.82) is 5.26 Å². The van der Waals surface area contributed by atoms with Crippen molar-refractivity contribution in [3.05, 3.63) is 89.0 Å². The molecule has 36 heavy (non-hydrogen) atoms. The van der Waals surface area contributed by atoms with Crippen LogP contribution in [0.15, 0.2) is 60.9 Å². The van der Waals surface area contributed by atoms with Crippen molar-refractivity contribution < 1.29 is 19.4 Å². The number of hydrogen-bond acceptors (Lipinski definition) is 3. The fraction of sp³-hybridized carbons (Fsp3) is 0.419. The van der Waals surface area contributed by atoms with Gasteiger partial charge in [-0.15, -0.1) is 0 Å². The molecule has 0 bridgehead atoms. The predicted molar refractivity (Wildman–Crippen MR) is 136 cm³/mol. The highest BCUT2D eigenvalue weighted by Crippen LogP contribution is 2.61. The van der Waals surface area contributed by atoms with Crippen LogP contribution in [-0.2, 0) is 6.42 Å². The van der Waals surface area contributed by atoms with Crippen LogP contribution >= 0.6 is 0 Å². The van der Waals surface area contributed by atoms with E-state index in [9.17, 15) is 14.7 Å². The first-order valence-corrected chi connectivity index (χ1v) is 13.0. The van der Waals surface area contributed by atoms with Crippen LogP contribution in [0.1, 0.15) is 67.2 Å². The number of aromatic nitrogens is 1. The van der Waals surface area contributed by atoms with E-state index >= 15 is 0 Å². The van der Waals surface area contributed by atoms with Gasteiger partial charge in [-0.05, 0) is 97.4 Å². The molecule has 5 heteroatoms. The highest BCUT2D eigenvalue weighted by atomic mass is 19.1. The first-order chi connectivity index (χ1) is 17.3. The molecule has 3 unspecified atom stereocenters. The van der Waals surface area contributed by atoms with E-state index < -0.39 is 0 Å². The summed E-state index contributed by atoms with van der Waals surface area (Å²) in [6, 6.07) is 17.6. The van der Waals surface area contributed by atoms with Gasteiger partial charge in [0.05, 0.1) is 17.2 Å². The van der Waals surface area contributed by atoms with Gasteiger partial charge in [-0.1, -0.05) is 42.8 Å². The number of benzene rings is 2. The summed E-state index contributed by atoms with van der Waals surface area (Å²) < 4.78 is 15.5. The average Bonchev–Trinajstić information content (AvgIpc) is 3.19. The molecular weight excluding hydrogens is 451 g/mol. The lowest BCUT2D eigenvalue weighted by Gasteiger charge is -2.50. The summed E-state index contributed by atoms with van der Waals surface area (Å²) in [6.45, 7) is 4.31. The Hall–Kier alpha value is -3.23. The van der Waals surface area contributed by atoms with Crippen molar-refractivity contribution in [3.8, 4) is 17.2 Å². The standard InChI is InChI=1S/C19H22FNO.C12H12NO/c1-19-9-8-13-12-3-2-11(10-21)18(20)15(12)5-4-14(13)16(19)6-7-17(19)22;1-10-4-6-11(7-5-10)12-3-2-8-13(14)9-12/h2-3,13-14,16-17,22H,4-9H2,1H3;2-9,14H,1H3/q;+1/t13?,14?,16?,17-,19-;/m0./s1. The first-order valence-electron chi connectivity index (χ1n) is 13.0. The third-order valence-corrected chi connectivity index (χ3v) is 9.08. The molecule has 3 aromatic rings. The zero-order valence-corrected chi connectivity index (χ0v) is 21.0. The Morgan fingerprint density at radius 1 is 1.03 bits per heavy atom. The van der Waals surface area contributed by atoms with Crippen molar-refractivity contribution in [2.24, 2.45) is 17.3 Å². The van der Waals surface area contributed by atoms with Crippen LogP contribution in [0, 0.1) is 41.3 Å². The van der Waals surface area contributed by atoms with E-state index in [1.54, 1.807) is 18.5 Å². The number of halogens is 1. The Morgan fingerprint density at radius 3 is 2.53 bits per heavy atom. The molecule has 1 heterocycles. The van der Waals surface area contributed by atoms with Gasteiger partial charge in [-0.3, -0.25) is 5.21 Å². The molecule has 3 aliphatic carbocycles. The summed E-state index contributed by atoms with van der Waals surface area (Å²) in [5.41, 5.74) is 5.51. The smallest absolute Gasteiger partial charge is 0.230 e. The maximum atomic E-state index is 14.5. The fourth-order valence-corrected chi connectivity index (χ4v) is 7.06. The minimum Gasteiger partial charge on any atom is -0.393 e. The molecule has 0 aliphatic heterocycles. The minimum atomic E-state index is -0.293. The molecule has 0 saturated heterocycles. The van der Waals surface area contributed by atoms with Crippen LogP contribution in [0.25, 0.3) is 11.1 Å². The summed E-state index contributed by atoms with van der Waals surface area (Å²) in [4.78, 5) is 0. The topological polar surface area (TPSA) is 68.1 Å². The van der Waals surface area contributed by atoms with Crippen molar-refractivity contribution in [2.45, 2.75) is 64.4 Å². The molecule has 186 valence electrons. The number of nitrogens with zero attached hydrogens (tertiary/aromatic N) is 2. The highest BCUT2D eigenvalue weighted by molar-refractivity contribution is 5.61. The summed E-state index contributed by atoms with van der Waals surface area (Å²) >= 11 is 0. The van der Waals surface area contributed by atoms with Crippen LogP contribution in [0.2, 0.25) is 0 Å². The molecule has 0 radical (unpaired) electrons. The minimum absolute atomic E-state index is 0.0593. The molecule has 2 aromatic carbocycles. The van der Waals surface area contributed by atoms with Gasteiger partial charge in [-0.2, -0.15) is 5.26 Å². The number of aliphatic hydroxyl groups excluding tert-OH is 1. The van der Waals surface area contributed by atoms with Crippen LogP contribution in [0.3, 0.4) is 0 Å². The highest BCUT2D eigenvalue weighted by Gasteiger charge is 2.54. The van der Waals surface area contributed by atoms with Gasteiger partial charge in [0.25, 0.3) is 0 Å². The lowest BCUT2D eigenvalue weighted by atomic mass is 9.55. The van der Waals surface area contributed by atoms with E-state index in [1.807, 2.05) is 36.4 Å². The Morgan fingerprint density at radius 2 is 1.81 bits per heavy atom. The zero-order chi connectivity index (χ0) is 25.4. The van der Waals surface area contributed by atoms with Crippen LogP contribution in [0.5, 0.6) is 0 Å². The quantitative estimate of drug-likeness (QED) is 0.323. The number of nitriles is 1. The molecule has 5 atom stereocenters. The largest absolute Gasteiger partial charge is 0.393 e. The van der Waals surface area contributed by atoms with Gasteiger partial charge in [0.1, 0.15) is 11.9 Å². The second kappa shape index (κ2) is 9.67. The summed E-state index contributed by atoms with van der Waals surface area (Å²) in [7, 11) is 0. The van der Waals surface area contributed by atoms with Gasteiger partial charge in [0.2, 0.25) is 12.4 Å². The third kappa shape index (κ3) is 4.29. The van der Waals surface area contributed by atoms with Gasteiger partial charge in [0.15, 0.2) is 0 Å². The van der Waals surface area contributed by atoms with Gasteiger partial charge in [-0.25, -0.2) is 4.39 Å². The second-order valence-corrected chi connectivity index (χ2v) is 11.0. The van der Waals surface area contributed by atoms with E-state index in [4.69, 9.17) is 5.26 Å². The SMILES string of the molecule is C[C@]12CCC3c4ccc(C#N)c(F)c4CCC3C1CC[C@@H]2O.Cc1ccc(-c2ccc[n+](O)c2)cc1. The van der Waals surface area contributed by atoms with E-state index in [1.165, 1.54) is 5.56 Å². The number of aliphatic hydroxyl groups is 1. The number of aryl methyl sites for hydroxylation is 1. The van der Waals surface area contributed by atoms with Gasteiger partial charge in [0, 0.05) is 10.8 Å². The molecule has 2 saturated carbocycles. The molecule has 1 aromatic heterocycles. The Kier molecular flexibility index (Phi) is 6.57. The van der Waals surface area contributed by atoms with Crippen LogP contribution in [0.4, 0.5) is 4.39 Å². The average molecular weight is 486 g/mol. The molecule has 2 fully saturated rings. The molecule has 0 spiro atoms. The summed E-state index contributed by atoms with van der Waals surface area (Å²) in [5, 5.41) is 28.7. The van der Waals surface area contributed by atoms with Crippen LogP contribution < -0.4 is 4.73 Å². The fourth-order valence-electron chi connectivity index (χ4n) is 7.06. The van der Waals surface area contributed by atoms with Crippen molar-refractivity contribution >= 4 is 0 Å². The zero-order valence-electron chi connectivity index (χ0n) is 21.0. The maximum Gasteiger partial charge on any atom is 0.230 e. The Balaban J connectivity index is 0.000000165. The lowest BCUT2D eigenvalue weighted by Crippen LogP contribution is -2.44. The molecule has 6 rings (SSSR count). The van der Waals surface area contributed by atoms with E-state index in [0.717, 1.165) is 65.5 Å². The number of pyridine rings is 1. The number of fused-ring (bicyclic) bond motifs is 5. The first kappa shape index (κ1) is 24.5. The van der Waals surface area contributed by atoms with E-state index in [0.29, 0.717) is 17.8 Å². The van der Waals surface area contributed by atoms with Crippen LogP contribution in [-0.4, -0.2) is 16.4 Å². The van der Waals surface area contributed by atoms with E-state index in [2.05, 4.69) is 26.0 Å². The second-order valence-electron chi connectivity index (χ2n) is 11.0. The number of hydrogen-bond donors (Lipinski definition) is 2. The monoisotopic (exact) mass is 485 g/mol. The molecule has 4 nitrogen and oxygen atoms in total. The van der Waals surface area contributed by atoms with Gasteiger partial charge >= 0.3 is 0 Å². The Labute approximate surface area is 212 Å².